The molecule has 3 rings (SSSR count). The second-order valence-electron chi connectivity index (χ2n) is 4.68. The highest BCUT2D eigenvalue weighted by Crippen LogP contribution is 2.24. The van der Waals surface area contributed by atoms with Crippen LogP contribution in [0.2, 0.25) is 0 Å². The molecule has 0 amide bonds. The number of ether oxygens (including phenoxy) is 1. The van der Waals surface area contributed by atoms with Crippen LogP contribution in [0.3, 0.4) is 0 Å². The summed E-state index contributed by atoms with van der Waals surface area (Å²) >= 11 is 0. The van der Waals surface area contributed by atoms with Gasteiger partial charge in [-0.25, -0.2) is 0 Å². The smallest absolute Gasteiger partial charge is 0.119 e. The molecule has 1 unspecified atom stereocenters. The summed E-state index contributed by atoms with van der Waals surface area (Å²) in [5.74, 6) is 0.910. The molecule has 0 spiro atoms. The Morgan fingerprint density at radius 3 is 2.67 bits per heavy atom. The lowest BCUT2D eigenvalue weighted by molar-refractivity contribution is 0.415. The molecule has 0 aliphatic carbocycles. The summed E-state index contributed by atoms with van der Waals surface area (Å²) in [7, 11) is 1.70. The van der Waals surface area contributed by atoms with Gasteiger partial charge in [-0.3, -0.25) is 0 Å². The molecule has 0 aromatic heterocycles. The lowest BCUT2D eigenvalue weighted by atomic mass is 10.0. The van der Waals surface area contributed by atoms with E-state index in [2.05, 4.69) is 41.0 Å². The van der Waals surface area contributed by atoms with Crippen molar-refractivity contribution in [1.29, 1.82) is 0 Å². The molecule has 1 saturated heterocycles. The zero-order chi connectivity index (χ0) is 12.4. The van der Waals surface area contributed by atoms with Crippen molar-refractivity contribution >= 4 is 10.8 Å². The van der Waals surface area contributed by atoms with Crippen molar-refractivity contribution in [2.45, 2.75) is 6.04 Å². The van der Waals surface area contributed by atoms with Crippen molar-refractivity contribution in [2.24, 2.45) is 0 Å². The monoisotopic (exact) mass is 242 g/mol. The highest BCUT2D eigenvalue weighted by Gasteiger charge is 2.14. The third-order valence-electron chi connectivity index (χ3n) is 3.51. The molecular formula is C15H18N2O. The molecule has 2 N–H and O–H groups in total. The zero-order valence-electron chi connectivity index (χ0n) is 10.6. The molecule has 1 aliphatic rings. The minimum Gasteiger partial charge on any atom is -0.497 e. The van der Waals surface area contributed by atoms with E-state index in [4.69, 9.17) is 4.74 Å². The lowest BCUT2D eigenvalue weighted by Crippen LogP contribution is -2.42. The fourth-order valence-corrected chi connectivity index (χ4v) is 2.48. The maximum absolute atomic E-state index is 5.25. The predicted molar refractivity (Wildman–Crippen MR) is 74.1 cm³/mol. The van der Waals surface area contributed by atoms with Gasteiger partial charge < -0.3 is 15.4 Å². The van der Waals surface area contributed by atoms with Gasteiger partial charge in [0.05, 0.1) is 7.11 Å². The molecular weight excluding hydrogens is 224 g/mol. The Bertz CT molecular complexity index is 547. The van der Waals surface area contributed by atoms with E-state index in [9.17, 15) is 0 Å². The molecule has 18 heavy (non-hydrogen) atoms. The summed E-state index contributed by atoms with van der Waals surface area (Å²) in [6.07, 6.45) is 0. The van der Waals surface area contributed by atoms with Gasteiger partial charge in [0.15, 0.2) is 0 Å². The third kappa shape index (κ3) is 2.19. The summed E-state index contributed by atoms with van der Waals surface area (Å²) in [6.45, 7) is 3.09. The average molecular weight is 242 g/mol. The van der Waals surface area contributed by atoms with E-state index in [0.717, 1.165) is 25.4 Å². The topological polar surface area (TPSA) is 33.3 Å². The zero-order valence-corrected chi connectivity index (χ0v) is 10.6. The van der Waals surface area contributed by atoms with Crippen molar-refractivity contribution in [3.8, 4) is 5.75 Å². The van der Waals surface area contributed by atoms with Gasteiger partial charge in [-0.15, -0.1) is 0 Å². The van der Waals surface area contributed by atoms with Crippen LogP contribution in [0.25, 0.3) is 10.8 Å². The summed E-state index contributed by atoms with van der Waals surface area (Å²) < 4.78 is 5.25. The first kappa shape index (κ1) is 11.5. The van der Waals surface area contributed by atoms with Gasteiger partial charge in [0, 0.05) is 25.7 Å². The Hall–Kier alpha value is -1.58. The Labute approximate surface area is 107 Å². The van der Waals surface area contributed by atoms with Crippen LogP contribution in [0.1, 0.15) is 11.6 Å². The van der Waals surface area contributed by atoms with Gasteiger partial charge in [0.2, 0.25) is 0 Å². The standard InChI is InChI=1S/C15H18N2O/c1-18-14-5-4-11-8-13(3-2-12(11)9-14)15-10-16-6-7-17-15/h2-5,8-9,15-17H,6-7,10H2,1H3. The quantitative estimate of drug-likeness (QED) is 0.846. The number of nitrogens with one attached hydrogen (secondary N) is 2. The summed E-state index contributed by atoms with van der Waals surface area (Å²) in [5.41, 5.74) is 1.35. The van der Waals surface area contributed by atoms with Crippen LogP contribution in [0.15, 0.2) is 36.4 Å². The van der Waals surface area contributed by atoms with Crippen molar-refractivity contribution in [3.05, 3.63) is 42.0 Å². The van der Waals surface area contributed by atoms with E-state index in [1.807, 2.05) is 6.07 Å². The molecule has 1 heterocycles. The fourth-order valence-electron chi connectivity index (χ4n) is 2.48. The van der Waals surface area contributed by atoms with Crippen LogP contribution in [-0.2, 0) is 0 Å². The average Bonchev–Trinajstić information content (AvgIpc) is 2.47. The first-order chi connectivity index (χ1) is 8.86. The van der Waals surface area contributed by atoms with Gasteiger partial charge in [-0.05, 0) is 34.5 Å². The van der Waals surface area contributed by atoms with Gasteiger partial charge in [-0.1, -0.05) is 18.2 Å². The molecule has 3 nitrogen and oxygen atoms in total. The van der Waals surface area contributed by atoms with Gasteiger partial charge >= 0.3 is 0 Å². The van der Waals surface area contributed by atoms with Crippen LogP contribution < -0.4 is 15.4 Å². The van der Waals surface area contributed by atoms with Gasteiger partial charge in [0.1, 0.15) is 5.75 Å². The van der Waals surface area contributed by atoms with Gasteiger partial charge in [0.25, 0.3) is 0 Å². The fraction of sp³-hybridized carbons (Fsp3) is 0.333. The van der Waals surface area contributed by atoms with E-state index >= 15 is 0 Å². The number of methoxy groups -OCH3 is 1. The molecule has 0 radical (unpaired) electrons. The Morgan fingerprint density at radius 1 is 1.06 bits per heavy atom. The normalized spacial score (nSPS) is 19.9. The molecule has 0 bridgehead atoms. The molecule has 1 fully saturated rings. The van der Waals surface area contributed by atoms with Crippen LogP contribution in [0.5, 0.6) is 5.75 Å². The first-order valence-electron chi connectivity index (χ1n) is 6.38. The molecule has 0 saturated carbocycles. The van der Waals surface area contributed by atoms with Gasteiger partial charge in [-0.2, -0.15) is 0 Å². The largest absolute Gasteiger partial charge is 0.497 e. The maximum atomic E-state index is 5.25. The number of hydrogen-bond acceptors (Lipinski definition) is 3. The third-order valence-corrected chi connectivity index (χ3v) is 3.51. The summed E-state index contributed by atoms with van der Waals surface area (Å²) in [5, 5.41) is 9.44. The van der Waals surface area contributed by atoms with Crippen molar-refractivity contribution in [2.75, 3.05) is 26.7 Å². The Morgan fingerprint density at radius 2 is 1.89 bits per heavy atom. The molecule has 1 aliphatic heterocycles. The van der Waals surface area contributed by atoms with Crippen molar-refractivity contribution in [3.63, 3.8) is 0 Å². The van der Waals surface area contributed by atoms with Crippen molar-refractivity contribution in [1.82, 2.24) is 10.6 Å². The number of benzene rings is 2. The predicted octanol–water partition coefficient (Wildman–Crippen LogP) is 2.08. The van der Waals surface area contributed by atoms with Crippen LogP contribution >= 0.6 is 0 Å². The lowest BCUT2D eigenvalue weighted by Gasteiger charge is -2.25. The Kier molecular flexibility index (Phi) is 3.17. The number of rotatable bonds is 2. The van der Waals surface area contributed by atoms with E-state index in [1.165, 1.54) is 16.3 Å². The minimum atomic E-state index is 0.422. The Balaban J connectivity index is 1.95. The van der Waals surface area contributed by atoms with E-state index in [-0.39, 0.29) is 0 Å². The summed E-state index contributed by atoms with van der Waals surface area (Å²) in [6, 6.07) is 13.3. The maximum Gasteiger partial charge on any atom is 0.119 e. The molecule has 3 heteroatoms. The highest BCUT2D eigenvalue weighted by molar-refractivity contribution is 5.84. The van der Waals surface area contributed by atoms with E-state index in [0.29, 0.717) is 6.04 Å². The second-order valence-corrected chi connectivity index (χ2v) is 4.68. The van der Waals surface area contributed by atoms with E-state index in [1.54, 1.807) is 7.11 Å². The minimum absolute atomic E-state index is 0.422. The first-order valence-corrected chi connectivity index (χ1v) is 6.38. The SMILES string of the molecule is COc1ccc2cc(C3CNCCN3)ccc2c1. The number of piperazine rings is 1. The van der Waals surface area contributed by atoms with Crippen molar-refractivity contribution < 1.29 is 4.74 Å². The number of hydrogen-bond donors (Lipinski definition) is 2. The molecule has 2 aromatic carbocycles. The van der Waals surface area contributed by atoms with Crippen LogP contribution in [0, 0.1) is 0 Å². The molecule has 1 atom stereocenters. The summed E-state index contributed by atoms with van der Waals surface area (Å²) in [4.78, 5) is 0. The second kappa shape index (κ2) is 4.96. The van der Waals surface area contributed by atoms with Crippen LogP contribution in [-0.4, -0.2) is 26.7 Å². The highest BCUT2D eigenvalue weighted by atomic mass is 16.5. The molecule has 2 aromatic rings. The molecule has 94 valence electrons. The van der Waals surface area contributed by atoms with E-state index < -0.39 is 0 Å². The van der Waals surface area contributed by atoms with Crippen LogP contribution in [0.4, 0.5) is 0 Å². The number of fused-ring (bicyclic) bond motifs is 1.